The van der Waals surface area contributed by atoms with E-state index in [4.69, 9.17) is 0 Å². The fourth-order valence-electron chi connectivity index (χ4n) is 2.74. The number of piperidine rings is 1. The summed E-state index contributed by atoms with van der Waals surface area (Å²) in [6.07, 6.45) is 3.13. The maximum atomic E-state index is 12.4. The Labute approximate surface area is 116 Å². The van der Waals surface area contributed by atoms with E-state index in [0.29, 0.717) is 11.3 Å². The van der Waals surface area contributed by atoms with E-state index in [0.717, 1.165) is 32.4 Å². The SMILES string of the molecule is O=C(c1ccccc1)c1c(N2CCCCC2)c(=O)c1=O. The number of anilines is 1. The molecule has 0 aromatic heterocycles. The topological polar surface area (TPSA) is 54.5 Å². The zero-order valence-electron chi connectivity index (χ0n) is 11.1. The monoisotopic (exact) mass is 269 g/mol. The molecule has 1 saturated heterocycles. The molecule has 2 aromatic carbocycles. The Bertz CT molecular complexity index is 705. The van der Waals surface area contributed by atoms with Crippen molar-refractivity contribution in [2.45, 2.75) is 19.3 Å². The highest BCUT2D eigenvalue weighted by Gasteiger charge is 2.31. The summed E-state index contributed by atoms with van der Waals surface area (Å²) in [5.74, 6) is -0.337. The largest absolute Gasteiger partial charge is 0.368 e. The van der Waals surface area contributed by atoms with E-state index in [9.17, 15) is 14.4 Å². The van der Waals surface area contributed by atoms with Crippen LogP contribution in [0, 0.1) is 0 Å². The number of benzene rings is 1. The number of rotatable bonds is 3. The molecule has 4 nitrogen and oxygen atoms in total. The van der Waals surface area contributed by atoms with Crippen LogP contribution in [0.5, 0.6) is 0 Å². The molecule has 0 amide bonds. The standard InChI is InChI=1S/C16H15NO3/c18-14(11-7-3-1-4-8-11)12-13(16(20)15(12)19)17-9-5-2-6-10-17/h1,3-4,7-8H,2,5-6,9-10H2. The third kappa shape index (κ3) is 1.97. The van der Waals surface area contributed by atoms with Gasteiger partial charge in [0.2, 0.25) is 5.43 Å². The van der Waals surface area contributed by atoms with Crippen LogP contribution < -0.4 is 15.8 Å². The lowest BCUT2D eigenvalue weighted by Crippen LogP contribution is -2.47. The lowest BCUT2D eigenvalue weighted by Gasteiger charge is -2.30. The van der Waals surface area contributed by atoms with Gasteiger partial charge in [0.25, 0.3) is 5.43 Å². The molecular weight excluding hydrogens is 254 g/mol. The Morgan fingerprint density at radius 2 is 1.55 bits per heavy atom. The van der Waals surface area contributed by atoms with Crippen molar-refractivity contribution in [1.29, 1.82) is 0 Å². The van der Waals surface area contributed by atoms with Crippen LogP contribution in [0.15, 0.2) is 39.9 Å². The van der Waals surface area contributed by atoms with Crippen LogP contribution in [0.2, 0.25) is 0 Å². The van der Waals surface area contributed by atoms with Gasteiger partial charge in [-0.25, -0.2) is 0 Å². The van der Waals surface area contributed by atoms with Crippen LogP contribution >= 0.6 is 0 Å². The summed E-state index contributed by atoms with van der Waals surface area (Å²) in [5.41, 5.74) is -0.282. The van der Waals surface area contributed by atoms with Gasteiger partial charge >= 0.3 is 0 Å². The molecule has 4 heteroatoms. The number of ketones is 1. The highest BCUT2D eigenvalue weighted by atomic mass is 16.2. The summed E-state index contributed by atoms with van der Waals surface area (Å²) >= 11 is 0. The molecule has 1 aliphatic heterocycles. The first-order valence-electron chi connectivity index (χ1n) is 6.88. The number of hydrogen-bond acceptors (Lipinski definition) is 4. The van der Waals surface area contributed by atoms with Crippen LogP contribution in [0.4, 0.5) is 5.69 Å². The molecule has 0 unspecified atom stereocenters. The van der Waals surface area contributed by atoms with Gasteiger partial charge in [0, 0.05) is 18.7 Å². The molecule has 102 valence electrons. The minimum atomic E-state index is -0.639. The van der Waals surface area contributed by atoms with Crippen molar-refractivity contribution in [3.8, 4) is 0 Å². The quantitative estimate of drug-likeness (QED) is 0.626. The lowest BCUT2D eigenvalue weighted by molar-refractivity contribution is 0.103. The maximum absolute atomic E-state index is 12.4. The van der Waals surface area contributed by atoms with E-state index >= 15 is 0 Å². The van der Waals surface area contributed by atoms with Gasteiger partial charge in [0.05, 0.1) is 0 Å². The molecule has 3 rings (SSSR count). The van der Waals surface area contributed by atoms with Crippen molar-refractivity contribution >= 4 is 11.5 Å². The smallest absolute Gasteiger partial charge is 0.250 e. The Morgan fingerprint density at radius 1 is 0.900 bits per heavy atom. The molecule has 0 aliphatic carbocycles. The van der Waals surface area contributed by atoms with Gasteiger partial charge in [-0.2, -0.15) is 0 Å². The van der Waals surface area contributed by atoms with Gasteiger partial charge < -0.3 is 4.90 Å². The van der Waals surface area contributed by atoms with Crippen LogP contribution in [-0.4, -0.2) is 18.9 Å². The molecule has 0 N–H and O–H groups in total. The molecular formula is C16H15NO3. The number of carbonyl (C=O) groups is 1. The molecule has 0 atom stereocenters. The predicted octanol–water partition coefficient (Wildman–Crippen LogP) is 1.50. The van der Waals surface area contributed by atoms with E-state index < -0.39 is 10.9 Å². The van der Waals surface area contributed by atoms with E-state index in [1.54, 1.807) is 24.3 Å². The highest BCUT2D eigenvalue weighted by Crippen LogP contribution is 2.22. The normalized spacial score (nSPS) is 15.5. The molecule has 0 spiro atoms. The minimum Gasteiger partial charge on any atom is -0.368 e. The number of hydrogen-bond donors (Lipinski definition) is 0. The van der Waals surface area contributed by atoms with E-state index in [1.165, 1.54) is 0 Å². The molecule has 2 aromatic rings. The molecule has 1 aliphatic rings. The van der Waals surface area contributed by atoms with Crippen LogP contribution in [0.25, 0.3) is 0 Å². The first-order valence-corrected chi connectivity index (χ1v) is 6.88. The fourth-order valence-corrected chi connectivity index (χ4v) is 2.74. The average molecular weight is 269 g/mol. The third-order valence-electron chi connectivity index (χ3n) is 3.82. The van der Waals surface area contributed by atoms with Gasteiger partial charge in [0.15, 0.2) is 5.78 Å². The molecule has 1 fully saturated rings. The first-order chi connectivity index (χ1) is 9.70. The van der Waals surface area contributed by atoms with Gasteiger partial charge in [-0.15, -0.1) is 0 Å². The summed E-state index contributed by atoms with van der Waals surface area (Å²) in [5, 5.41) is 0. The van der Waals surface area contributed by atoms with Gasteiger partial charge in [-0.05, 0) is 19.3 Å². The third-order valence-corrected chi connectivity index (χ3v) is 3.82. The maximum Gasteiger partial charge on any atom is 0.250 e. The van der Waals surface area contributed by atoms with Crippen molar-refractivity contribution in [1.82, 2.24) is 0 Å². The molecule has 0 bridgehead atoms. The highest BCUT2D eigenvalue weighted by molar-refractivity contribution is 6.13. The second kappa shape index (κ2) is 5.04. The van der Waals surface area contributed by atoms with Crippen molar-refractivity contribution in [2.24, 2.45) is 0 Å². The van der Waals surface area contributed by atoms with E-state index in [1.807, 2.05) is 11.0 Å². The van der Waals surface area contributed by atoms with Crippen molar-refractivity contribution in [2.75, 3.05) is 18.0 Å². The van der Waals surface area contributed by atoms with Gasteiger partial charge in [0.1, 0.15) is 11.3 Å². The number of carbonyl (C=O) groups excluding carboxylic acids is 1. The fraction of sp³-hybridized carbons (Fsp3) is 0.312. The predicted molar refractivity (Wildman–Crippen MR) is 77.3 cm³/mol. The second-order valence-electron chi connectivity index (χ2n) is 5.12. The summed E-state index contributed by atoms with van der Waals surface area (Å²) in [6, 6.07) is 8.64. The minimum absolute atomic E-state index is 0.0723. The Balaban J connectivity index is 1.99. The zero-order valence-corrected chi connectivity index (χ0v) is 11.1. The molecule has 0 saturated carbocycles. The molecule has 0 radical (unpaired) electrons. The Morgan fingerprint density at radius 3 is 2.20 bits per heavy atom. The van der Waals surface area contributed by atoms with Crippen molar-refractivity contribution in [3.05, 3.63) is 61.9 Å². The summed E-state index contributed by atoms with van der Waals surface area (Å²) < 4.78 is 0. The van der Waals surface area contributed by atoms with E-state index in [-0.39, 0.29) is 11.3 Å². The van der Waals surface area contributed by atoms with Crippen LogP contribution in [0.3, 0.4) is 0 Å². The van der Waals surface area contributed by atoms with Gasteiger partial charge in [-0.3, -0.25) is 14.4 Å². The Hall–Kier alpha value is -2.23. The average Bonchev–Trinajstić information content (AvgIpc) is 2.52. The summed E-state index contributed by atoms with van der Waals surface area (Å²) in [4.78, 5) is 37.9. The van der Waals surface area contributed by atoms with E-state index in [2.05, 4.69) is 0 Å². The summed E-state index contributed by atoms with van der Waals surface area (Å²) in [6.45, 7) is 1.50. The van der Waals surface area contributed by atoms with Crippen molar-refractivity contribution in [3.63, 3.8) is 0 Å². The molecule has 1 heterocycles. The molecule has 20 heavy (non-hydrogen) atoms. The first kappa shape index (κ1) is 12.8. The Kier molecular flexibility index (Phi) is 3.22. The number of nitrogens with zero attached hydrogens (tertiary/aromatic N) is 1. The van der Waals surface area contributed by atoms with Crippen LogP contribution in [0.1, 0.15) is 35.2 Å². The van der Waals surface area contributed by atoms with Crippen LogP contribution in [-0.2, 0) is 0 Å². The van der Waals surface area contributed by atoms with Crippen molar-refractivity contribution < 1.29 is 4.79 Å². The second-order valence-corrected chi connectivity index (χ2v) is 5.12. The van der Waals surface area contributed by atoms with Gasteiger partial charge in [-0.1, -0.05) is 30.3 Å². The zero-order chi connectivity index (χ0) is 14.1. The lowest BCUT2D eigenvalue weighted by atomic mass is 9.95. The summed E-state index contributed by atoms with van der Waals surface area (Å²) in [7, 11) is 0.